The first-order valence-electron chi connectivity index (χ1n) is 3.34. The molecule has 68 valence electrons. The summed E-state index contributed by atoms with van der Waals surface area (Å²) in [6, 6.07) is 1.94. The van der Waals surface area contributed by atoms with Gasteiger partial charge < -0.3 is 15.2 Å². The molecule has 1 aromatic rings. The van der Waals surface area contributed by atoms with Crippen LogP contribution in [0.1, 0.15) is 18.7 Å². The first kappa shape index (κ1) is 9.41. The average molecular weight is 197 g/mol. The highest BCUT2D eigenvalue weighted by molar-refractivity contribution is 7.09. The maximum atomic E-state index is 10.1. The molecule has 0 aliphatic carbocycles. The van der Waals surface area contributed by atoms with E-state index in [0.717, 1.165) is 11.5 Å². The summed E-state index contributed by atoms with van der Waals surface area (Å²) < 4.78 is 3.79. The summed E-state index contributed by atoms with van der Waals surface area (Å²) in [7, 11) is 0. The Labute approximate surface area is 78.0 Å². The minimum absolute atomic E-state index is 0.122. The molecule has 1 unspecified atom stereocenters. The predicted octanol–water partition coefficient (Wildman–Crippen LogP) is -0.0796. The van der Waals surface area contributed by atoms with Gasteiger partial charge >= 0.3 is 0 Å². The van der Waals surface area contributed by atoms with E-state index in [-0.39, 0.29) is 5.13 Å². The van der Waals surface area contributed by atoms with Crippen molar-refractivity contribution in [3.63, 3.8) is 0 Å². The number of carbonyl (C=O) groups excluding carboxylic acids is 1. The molecule has 1 rings (SSSR count). The molecule has 0 aliphatic rings. The Bertz CT molecular complexity index is 356. The topological polar surface area (TPSA) is 102 Å². The van der Waals surface area contributed by atoms with E-state index in [2.05, 4.69) is 9.36 Å². The van der Waals surface area contributed by atoms with Gasteiger partial charge in [-0.25, -0.2) is 4.98 Å². The van der Waals surface area contributed by atoms with Crippen LogP contribution in [0.25, 0.3) is 0 Å². The molecule has 0 radical (unpaired) electrons. The van der Waals surface area contributed by atoms with E-state index in [0.29, 0.717) is 5.82 Å². The van der Waals surface area contributed by atoms with Crippen molar-refractivity contribution in [1.29, 1.82) is 5.26 Å². The highest BCUT2D eigenvalue weighted by Gasteiger charge is 2.10. The fraction of sp³-hybridized carbons (Fsp3) is 0.333. The average Bonchev–Trinajstić information content (AvgIpc) is 2.50. The maximum absolute atomic E-state index is 10.1. The Morgan fingerprint density at radius 2 is 2.54 bits per heavy atom. The number of carbonyl (C=O) groups is 1. The Balaban J connectivity index is 2.76. The molecule has 0 bridgehead atoms. The normalized spacial score (nSPS) is 11.7. The van der Waals surface area contributed by atoms with Gasteiger partial charge in [-0.15, -0.1) is 0 Å². The van der Waals surface area contributed by atoms with Crippen molar-refractivity contribution in [3.8, 4) is 6.07 Å². The van der Waals surface area contributed by atoms with Crippen molar-refractivity contribution in [1.82, 2.24) is 9.36 Å². The lowest BCUT2D eigenvalue weighted by atomic mass is 10.2. The molecule has 1 aromatic heterocycles. The monoisotopic (exact) mass is 197 g/mol. The Kier molecular flexibility index (Phi) is 2.76. The van der Waals surface area contributed by atoms with Crippen molar-refractivity contribution in [2.75, 3.05) is 5.32 Å². The van der Waals surface area contributed by atoms with Crippen LogP contribution in [0.2, 0.25) is 0 Å². The largest absolute Gasteiger partial charge is 0.530 e. The molecule has 6 nitrogen and oxygen atoms in total. The van der Waals surface area contributed by atoms with E-state index >= 15 is 0 Å². The van der Waals surface area contributed by atoms with Gasteiger partial charge in [-0.05, 0) is 6.92 Å². The van der Waals surface area contributed by atoms with Crippen LogP contribution in [-0.4, -0.2) is 15.5 Å². The van der Waals surface area contributed by atoms with E-state index < -0.39 is 12.0 Å². The Morgan fingerprint density at radius 3 is 3.08 bits per heavy atom. The number of nitrogens with zero attached hydrogens (tertiary/aromatic N) is 3. The van der Waals surface area contributed by atoms with Crippen LogP contribution in [0.3, 0.4) is 0 Å². The van der Waals surface area contributed by atoms with Crippen LogP contribution < -0.4 is 10.4 Å². The zero-order valence-corrected chi connectivity index (χ0v) is 7.46. The quantitative estimate of drug-likeness (QED) is 0.714. The van der Waals surface area contributed by atoms with Gasteiger partial charge in [0.25, 0.3) is 0 Å². The summed E-state index contributed by atoms with van der Waals surface area (Å²) in [6.07, 6.45) is -1.44. The molecule has 0 saturated heterocycles. The third kappa shape index (κ3) is 2.38. The van der Waals surface area contributed by atoms with E-state index in [1.54, 1.807) is 6.92 Å². The molecule has 0 spiro atoms. The second-order valence-corrected chi connectivity index (χ2v) is 2.97. The highest BCUT2D eigenvalue weighted by Crippen LogP contribution is 2.16. The van der Waals surface area contributed by atoms with Gasteiger partial charge in [0.1, 0.15) is 12.0 Å². The van der Waals surface area contributed by atoms with Gasteiger partial charge in [-0.1, -0.05) is 0 Å². The second-order valence-electron chi connectivity index (χ2n) is 2.22. The minimum Gasteiger partial charge on any atom is -0.530 e. The predicted molar refractivity (Wildman–Crippen MR) is 43.0 cm³/mol. The minimum atomic E-state index is -1.44. The van der Waals surface area contributed by atoms with Crippen molar-refractivity contribution < 1.29 is 9.90 Å². The summed E-state index contributed by atoms with van der Waals surface area (Å²) in [5.41, 5.74) is 0. The lowest BCUT2D eigenvalue weighted by molar-refractivity contribution is -0.242. The highest BCUT2D eigenvalue weighted by atomic mass is 32.1. The molecule has 7 heteroatoms. The van der Waals surface area contributed by atoms with Gasteiger partial charge in [0.05, 0.1) is 6.07 Å². The molecule has 1 amide bonds. The first-order valence-corrected chi connectivity index (χ1v) is 4.12. The number of anilines is 1. The van der Waals surface area contributed by atoms with Crippen LogP contribution in [0.15, 0.2) is 0 Å². The maximum Gasteiger partial charge on any atom is 0.208 e. The molecule has 0 aliphatic heterocycles. The van der Waals surface area contributed by atoms with Gasteiger partial charge in [0.2, 0.25) is 5.13 Å². The third-order valence-corrected chi connectivity index (χ3v) is 1.88. The lowest BCUT2D eigenvalue weighted by Crippen LogP contribution is -2.28. The van der Waals surface area contributed by atoms with E-state index in [1.165, 1.54) is 0 Å². The van der Waals surface area contributed by atoms with Crippen molar-refractivity contribution in [3.05, 3.63) is 5.82 Å². The molecular weight excluding hydrogens is 192 g/mol. The van der Waals surface area contributed by atoms with Crippen molar-refractivity contribution >= 4 is 22.8 Å². The van der Waals surface area contributed by atoms with E-state index in [9.17, 15) is 9.90 Å². The fourth-order valence-corrected chi connectivity index (χ4v) is 1.25. The third-order valence-electron chi connectivity index (χ3n) is 1.23. The summed E-state index contributed by atoms with van der Waals surface area (Å²) in [5, 5.41) is 20.6. The van der Waals surface area contributed by atoms with Crippen molar-refractivity contribution in [2.45, 2.75) is 12.8 Å². The van der Waals surface area contributed by atoms with Crippen LogP contribution in [0, 0.1) is 11.3 Å². The van der Waals surface area contributed by atoms with Crippen LogP contribution in [0.5, 0.6) is 0 Å². The number of nitrogens with one attached hydrogen (secondary N) is 1. The molecule has 0 aromatic carbocycles. The van der Waals surface area contributed by atoms with Crippen molar-refractivity contribution in [2.24, 2.45) is 0 Å². The molecule has 1 N–H and O–H groups in total. The number of hydrogen-bond donors (Lipinski definition) is 1. The summed E-state index contributed by atoms with van der Waals surface area (Å²) in [4.78, 5) is 13.8. The number of carboxylic acid groups (broad SMARTS) is 1. The molecule has 1 heterocycles. The molecule has 1 atom stereocenters. The van der Waals surface area contributed by atoms with Crippen LogP contribution in [0.4, 0.5) is 9.93 Å². The Hall–Kier alpha value is -1.68. The molecule has 0 saturated carbocycles. The van der Waals surface area contributed by atoms with Gasteiger partial charge in [0.15, 0.2) is 5.82 Å². The summed E-state index contributed by atoms with van der Waals surface area (Å²) in [6.45, 7) is 1.63. The second kappa shape index (κ2) is 3.82. The van der Waals surface area contributed by atoms with Gasteiger partial charge in [0, 0.05) is 11.5 Å². The van der Waals surface area contributed by atoms with Crippen LogP contribution in [-0.2, 0) is 0 Å². The van der Waals surface area contributed by atoms with E-state index in [4.69, 9.17) is 5.26 Å². The van der Waals surface area contributed by atoms with Crippen LogP contribution >= 0.6 is 11.5 Å². The lowest BCUT2D eigenvalue weighted by Gasteiger charge is -1.99. The van der Waals surface area contributed by atoms with Gasteiger partial charge in [-0.3, -0.25) is 0 Å². The number of aromatic nitrogens is 2. The zero-order valence-electron chi connectivity index (χ0n) is 6.64. The Morgan fingerprint density at radius 1 is 1.85 bits per heavy atom. The smallest absolute Gasteiger partial charge is 0.208 e. The summed E-state index contributed by atoms with van der Waals surface area (Å²) in [5.74, 6) is -0.121. The number of nitriles is 1. The van der Waals surface area contributed by atoms with E-state index in [1.807, 2.05) is 11.4 Å². The standard InChI is InChI=1S/C6H6N4O2S/c1-3(2-7)4-8-5(13-10-4)9-6(11)12/h3H,1H3,(H,11,12)(H,8,9,10)/p-1. The zero-order chi connectivity index (χ0) is 9.84. The number of rotatable bonds is 2. The molecular formula is C6H5N4O2S-. The molecule has 13 heavy (non-hydrogen) atoms. The summed E-state index contributed by atoms with van der Waals surface area (Å²) >= 11 is 0.877. The number of amides is 1. The SMILES string of the molecule is CC(C#N)c1nsc(NC(=O)[O-])n1. The first-order chi connectivity index (χ1) is 6.13. The fourth-order valence-electron chi connectivity index (χ4n) is 0.607. The molecule has 0 fully saturated rings. The number of hydrogen-bond acceptors (Lipinski definition) is 6. The van der Waals surface area contributed by atoms with Gasteiger partial charge in [-0.2, -0.15) is 9.64 Å².